The molecule has 1 aromatic rings. The van der Waals surface area contributed by atoms with Crippen molar-refractivity contribution in [2.24, 2.45) is 0 Å². The molecule has 1 amide bonds. The van der Waals surface area contributed by atoms with Crippen molar-refractivity contribution in [2.45, 2.75) is 12.2 Å². The monoisotopic (exact) mass is 331 g/mol. The fourth-order valence-corrected chi connectivity index (χ4v) is 2.65. The van der Waals surface area contributed by atoms with Crippen LogP contribution in [0.15, 0.2) is 41.4 Å². The number of hydrogen-bond donors (Lipinski definition) is 1. The normalized spacial score (nSPS) is 12.8. The summed E-state index contributed by atoms with van der Waals surface area (Å²) in [6, 6.07) is 7.01. The molecule has 0 aliphatic rings. The van der Waals surface area contributed by atoms with Crippen LogP contribution in [0.4, 0.5) is 5.69 Å². The number of benzene rings is 1. The predicted molar refractivity (Wildman–Crippen MR) is 76.2 cm³/mol. The van der Waals surface area contributed by atoms with Gasteiger partial charge in [0.05, 0.1) is 11.4 Å². The van der Waals surface area contributed by atoms with Gasteiger partial charge in [0.2, 0.25) is 5.91 Å². The van der Waals surface area contributed by atoms with Crippen LogP contribution in [0.2, 0.25) is 0 Å². The van der Waals surface area contributed by atoms with Gasteiger partial charge in [-0.05, 0) is 35.0 Å². The van der Waals surface area contributed by atoms with Gasteiger partial charge in [0.15, 0.2) is 9.84 Å². The molecular formula is C12H14BrNO3S. The minimum atomic E-state index is -3.49. The Labute approximate surface area is 115 Å². The van der Waals surface area contributed by atoms with E-state index in [1.807, 2.05) is 0 Å². The van der Waals surface area contributed by atoms with Gasteiger partial charge in [-0.3, -0.25) is 4.79 Å². The predicted octanol–water partition coefficient (Wildman–Crippen LogP) is 2.38. The highest BCUT2D eigenvalue weighted by Gasteiger charge is 2.26. The molecule has 0 heterocycles. The fraction of sp³-hybridized carbons (Fsp3) is 0.250. The lowest BCUT2D eigenvalue weighted by Crippen LogP contribution is -2.33. The lowest BCUT2D eigenvalue weighted by atomic mass is 10.3. The molecule has 0 radical (unpaired) electrons. The molecule has 0 aliphatic heterocycles. The summed E-state index contributed by atoms with van der Waals surface area (Å²) in [7, 11) is -3.49. The molecule has 4 nitrogen and oxygen atoms in total. The zero-order chi connectivity index (χ0) is 13.8. The third-order valence-electron chi connectivity index (χ3n) is 2.39. The highest BCUT2D eigenvalue weighted by atomic mass is 79.9. The summed E-state index contributed by atoms with van der Waals surface area (Å²) in [6.45, 7) is 4.73. The number of anilines is 1. The topological polar surface area (TPSA) is 63.2 Å². The minimum Gasteiger partial charge on any atom is -0.324 e. The Hall–Kier alpha value is -1.14. The lowest BCUT2D eigenvalue weighted by molar-refractivity contribution is -0.115. The van der Waals surface area contributed by atoms with Crippen molar-refractivity contribution in [2.75, 3.05) is 11.1 Å². The second-order valence-electron chi connectivity index (χ2n) is 3.73. The number of rotatable bonds is 5. The van der Waals surface area contributed by atoms with Crippen molar-refractivity contribution in [1.82, 2.24) is 0 Å². The molecule has 1 unspecified atom stereocenters. The number of nitrogens with one attached hydrogen (secondary N) is 1. The number of carbonyl (C=O) groups is 1. The maximum Gasteiger partial charge on any atom is 0.242 e. The molecule has 0 saturated heterocycles. The molecule has 0 aromatic heterocycles. The first-order chi connectivity index (χ1) is 8.38. The third-order valence-corrected chi connectivity index (χ3v) is 5.07. The first-order valence-electron chi connectivity index (χ1n) is 5.26. The molecule has 0 aliphatic carbocycles. The molecule has 0 saturated carbocycles. The molecule has 0 bridgehead atoms. The fourth-order valence-electron chi connectivity index (χ4n) is 1.27. The Morgan fingerprint density at radius 3 is 2.67 bits per heavy atom. The lowest BCUT2D eigenvalue weighted by Gasteiger charge is -2.13. The van der Waals surface area contributed by atoms with Crippen LogP contribution >= 0.6 is 15.9 Å². The van der Waals surface area contributed by atoms with Gasteiger partial charge in [-0.2, -0.15) is 0 Å². The van der Waals surface area contributed by atoms with Crippen molar-refractivity contribution in [3.05, 3.63) is 41.4 Å². The molecule has 0 spiro atoms. The van der Waals surface area contributed by atoms with Crippen molar-refractivity contribution < 1.29 is 13.2 Å². The third kappa shape index (κ3) is 3.68. The molecule has 1 rings (SSSR count). The zero-order valence-electron chi connectivity index (χ0n) is 9.89. The number of amides is 1. The molecular weight excluding hydrogens is 318 g/mol. The molecule has 6 heteroatoms. The number of carbonyl (C=O) groups excluding carboxylic acids is 1. The summed E-state index contributed by atoms with van der Waals surface area (Å²) in [5, 5.41) is 1.47. The second kappa shape index (κ2) is 6.15. The Morgan fingerprint density at radius 1 is 1.50 bits per heavy atom. The van der Waals surface area contributed by atoms with E-state index in [2.05, 4.69) is 27.8 Å². The summed E-state index contributed by atoms with van der Waals surface area (Å²) >= 11 is 3.27. The first-order valence-corrected chi connectivity index (χ1v) is 7.77. The van der Waals surface area contributed by atoms with Crippen LogP contribution in [0.5, 0.6) is 0 Å². The van der Waals surface area contributed by atoms with Gasteiger partial charge in [0.1, 0.15) is 5.25 Å². The van der Waals surface area contributed by atoms with Crippen LogP contribution in [-0.2, 0) is 14.6 Å². The SMILES string of the molecule is C=CCS(=O)(=O)C(C)C(=O)Nc1ccccc1Br. The van der Waals surface area contributed by atoms with Gasteiger partial charge >= 0.3 is 0 Å². The van der Waals surface area contributed by atoms with Gasteiger partial charge in [0.25, 0.3) is 0 Å². The van der Waals surface area contributed by atoms with Crippen molar-refractivity contribution in [3.63, 3.8) is 0 Å². The van der Waals surface area contributed by atoms with Crippen LogP contribution < -0.4 is 5.32 Å². The van der Waals surface area contributed by atoms with Crippen LogP contribution in [0.3, 0.4) is 0 Å². The summed E-state index contributed by atoms with van der Waals surface area (Å²) < 4.78 is 24.1. The first kappa shape index (κ1) is 14.9. The van der Waals surface area contributed by atoms with Crippen LogP contribution in [-0.4, -0.2) is 25.3 Å². The van der Waals surface area contributed by atoms with E-state index in [0.29, 0.717) is 10.2 Å². The van der Waals surface area contributed by atoms with Gasteiger partial charge in [-0.15, -0.1) is 6.58 Å². The van der Waals surface area contributed by atoms with E-state index in [9.17, 15) is 13.2 Å². The Balaban J connectivity index is 2.84. The smallest absolute Gasteiger partial charge is 0.242 e. The molecule has 1 N–H and O–H groups in total. The Bertz CT molecular complexity index is 554. The van der Waals surface area contributed by atoms with Gasteiger partial charge < -0.3 is 5.32 Å². The molecule has 1 atom stereocenters. The highest BCUT2D eigenvalue weighted by molar-refractivity contribution is 9.10. The number of halogens is 1. The summed E-state index contributed by atoms with van der Waals surface area (Å²) in [6.07, 6.45) is 1.28. The summed E-state index contributed by atoms with van der Waals surface area (Å²) in [5.74, 6) is -0.763. The molecule has 98 valence electrons. The van der Waals surface area contributed by atoms with Gasteiger partial charge in [-0.1, -0.05) is 18.2 Å². The Morgan fingerprint density at radius 2 is 2.11 bits per heavy atom. The zero-order valence-corrected chi connectivity index (χ0v) is 12.3. The molecule has 1 aromatic carbocycles. The minimum absolute atomic E-state index is 0.211. The summed E-state index contributed by atoms with van der Waals surface area (Å²) in [4.78, 5) is 11.8. The van der Waals surface area contributed by atoms with E-state index in [4.69, 9.17) is 0 Å². The van der Waals surface area contributed by atoms with Crippen molar-refractivity contribution in [3.8, 4) is 0 Å². The second-order valence-corrected chi connectivity index (χ2v) is 6.95. The quantitative estimate of drug-likeness (QED) is 0.842. The maximum atomic E-state index is 11.8. The number of hydrogen-bond acceptors (Lipinski definition) is 3. The van der Waals surface area contributed by atoms with Crippen molar-refractivity contribution >= 4 is 37.4 Å². The van der Waals surface area contributed by atoms with Crippen LogP contribution in [0, 0.1) is 0 Å². The van der Waals surface area contributed by atoms with E-state index in [-0.39, 0.29) is 5.75 Å². The average Bonchev–Trinajstić information content (AvgIpc) is 2.31. The van der Waals surface area contributed by atoms with E-state index >= 15 is 0 Å². The molecule has 18 heavy (non-hydrogen) atoms. The van der Waals surface area contributed by atoms with Crippen molar-refractivity contribution in [1.29, 1.82) is 0 Å². The standard InChI is InChI=1S/C12H14BrNO3S/c1-3-8-18(16,17)9(2)12(15)14-11-7-5-4-6-10(11)13/h3-7,9H,1,8H2,2H3,(H,14,15). The van der Waals surface area contributed by atoms with Gasteiger partial charge in [0, 0.05) is 4.47 Å². The van der Waals surface area contributed by atoms with E-state index in [1.54, 1.807) is 24.3 Å². The van der Waals surface area contributed by atoms with E-state index < -0.39 is 21.0 Å². The maximum absolute atomic E-state index is 11.8. The van der Waals surface area contributed by atoms with Gasteiger partial charge in [-0.25, -0.2) is 8.42 Å². The van der Waals surface area contributed by atoms with E-state index in [1.165, 1.54) is 13.0 Å². The average molecular weight is 332 g/mol. The van der Waals surface area contributed by atoms with Crippen LogP contribution in [0.25, 0.3) is 0 Å². The van der Waals surface area contributed by atoms with Crippen LogP contribution in [0.1, 0.15) is 6.92 Å². The Kier molecular flexibility index (Phi) is 5.10. The summed E-state index contributed by atoms with van der Waals surface area (Å²) in [5.41, 5.74) is 0.545. The largest absolute Gasteiger partial charge is 0.324 e. The highest BCUT2D eigenvalue weighted by Crippen LogP contribution is 2.21. The van der Waals surface area contributed by atoms with E-state index in [0.717, 1.165) is 0 Å². The molecule has 0 fully saturated rings. The number of sulfone groups is 1. The number of para-hydroxylation sites is 1.